The minimum Gasteiger partial charge on any atom is -0.339 e. The third-order valence-electron chi connectivity index (χ3n) is 4.58. The molecule has 1 fully saturated rings. The molecule has 1 aromatic carbocycles. The van der Waals surface area contributed by atoms with Crippen LogP contribution in [-0.2, 0) is 6.54 Å². The molecule has 0 aliphatic carbocycles. The van der Waals surface area contributed by atoms with Crippen molar-refractivity contribution >= 4 is 11.3 Å². The van der Waals surface area contributed by atoms with E-state index in [2.05, 4.69) is 27.2 Å². The van der Waals surface area contributed by atoms with E-state index >= 15 is 0 Å². The molecule has 6 heteroatoms. The zero-order chi connectivity index (χ0) is 17.1. The van der Waals surface area contributed by atoms with Gasteiger partial charge in [-0.15, -0.1) is 11.3 Å². The molecular weight excluding hydrogens is 332 g/mol. The van der Waals surface area contributed by atoms with Gasteiger partial charge in [-0.1, -0.05) is 23.4 Å². The summed E-state index contributed by atoms with van der Waals surface area (Å²) in [5.41, 5.74) is 1.91. The van der Waals surface area contributed by atoms with Crippen LogP contribution in [0.25, 0.3) is 10.7 Å². The summed E-state index contributed by atoms with van der Waals surface area (Å²) in [5, 5.41) is 15.2. The van der Waals surface area contributed by atoms with Gasteiger partial charge in [-0.05, 0) is 55.1 Å². The minimum absolute atomic E-state index is 0.336. The zero-order valence-corrected chi connectivity index (χ0v) is 14.6. The van der Waals surface area contributed by atoms with E-state index in [1.807, 2.05) is 35.7 Å². The van der Waals surface area contributed by atoms with E-state index in [0.29, 0.717) is 11.7 Å². The highest BCUT2D eigenvalue weighted by molar-refractivity contribution is 7.13. The number of hydrogen-bond donors (Lipinski definition) is 0. The first-order chi connectivity index (χ1) is 12.3. The van der Waals surface area contributed by atoms with Gasteiger partial charge in [-0.25, -0.2) is 0 Å². The lowest BCUT2D eigenvalue weighted by molar-refractivity contribution is 0.187. The number of aromatic nitrogens is 2. The van der Waals surface area contributed by atoms with Gasteiger partial charge in [-0.3, -0.25) is 4.90 Å². The van der Waals surface area contributed by atoms with Crippen molar-refractivity contribution in [2.75, 3.05) is 13.1 Å². The third kappa shape index (κ3) is 3.63. The van der Waals surface area contributed by atoms with Gasteiger partial charge >= 0.3 is 0 Å². The number of thiophene rings is 1. The van der Waals surface area contributed by atoms with Gasteiger partial charge < -0.3 is 4.52 Å². The highest BCUT2D eigenvalue weighted by atomic mass is 32.1. The summed E-state index contributed by atoms with van der Waals surface area (Å²) in [6, 6.07) is 14.1. The summed E-state index contributed by atoms with van der Waals surface area (Å²) < 4.78 is 5.50. The van der Waals surface area contributed by atoms with Crippen LogP contribution in [0, 0.1) is 11.3 Å². The van der Waals surface area contributed by atoms with Crippen molar-refractivity contribution in [3.05, 3.63) is 58.8 Å². The Balaban J connectivity index is 1.36. The number of piperidine rings is 1. The Hall–Kier alpha value is -2.49. The number of hydrogen-bond acceptors (Lipinski definition) is 6. The quantitative estimate of drug-likeness (QED) is 0.710. The van der Waals surface area contributed by atoms with E-state index in [1.165, 1.54) is 5.56 Å². The van der Waals surface area contributed by atoms with Crippen LogP contribution < -0.4 is 0 Å². The zero-order valence-electron chi connectivity index (χ0n) is 13.8. The maximum absolute atomic E-state index is 9.01. The summed E-state index contributed by atoms with van der Waals surface area (Å²) >= 11 is 1.62. The van der Waals surface area contributed by atoms with E-state index in [-0.39, 0.29) is 0 Å². The largest absolute Gasteiger partial charge is 0.339 e. The van der Waals surface area contributed by atoms with E-state index < -0.39 is 0 Å². The molecule has 0 unspecified atom stereocenters. The van der Waals surface area contributed by atoms with Gasteiger partial charge in [0, 0.05) is 12.5 Å². The first kappa shape index (κ1) is 16.0. The van der Waals surface area contributed by atoms with Gasteiger partial charge in [-0.2, -0.15) is 10.2 Å². The average Bonchev–Trinajstić information content (AvgIpc) is 3.34. The SMILES string of the molecule is N#Cc1cccc(CN2CCC(c3nc(-c4cccs4)no3)CC2)c1. The molecule has 1 aliphatic rings. The maximum Gasteiger partial charge on any atom is 0.230 e. The second-order valence-corrected chi connectivity index (χ2v) is 7.24. The molecule has 0 N–H and O–H groups in total. The molecule has 4 rings (SSSR count). The number of benzene rings is 1. The topological polar surface area (TPSA) is 66.0 Å². The van der Waals surface area contributed by atoms with Crippen molar-refractivity contribution in [1.82, 2.24) is 15.0 Å². The molecule has 0 amide bonds. The molecule has 126 valence electrons. The van der Waals surface area contributed by atoms with Crippen LogP contribution >= 0.6 is 11.3 Å². The van der Waals surface area contributed by atoms with Crippen LogP contribution in [0.15, 0.2) is 46.3 Å². The molecule has 0 radical (unpaired) electrons. The Bertz CT molecular complexity index is 873. The van der Waals surface area contributed by atoms with Crippen LogP contribution in [0.2, 0.25) is 0 Å². The standard InChI is InChI=1S/C19H18N4OS/c20-12-14-3-1-4-15(11-14)13-23-8-6-16(7-9-23)19-21-18(22-24-19)17-5-2-10-25-17/h1-5,10-11,16H,6-9,13H2. The molecule has 2 aromatic heterocycles. The van der Waals surface area contributed by atoms with Gasteiger partial charge in [0.2, 0.25) is 11.7 Å². The Morgan fingerprint density at radius 3 is 2.88 bits per heavy atom. The molecule has 3 aromatic rings. The lowest BCUT2D eigenvalue weighted by Crippen LogP contribution is -2.32. The Labute approximate surface area is 150 Å². The van der Waals surface area contributed by atoms with Crippen molar-refractivity contribution < 1.29 is 4.52 Å². The van der Waals surface area contributed by atoms with Crippen molar-refractivity contribution in [3.63, 3.8) is 0 Å². The summed E-state index contributed by atoms with van der Waals surface area (Å²) in [7, 11) is 0. The van der Waals surface area contributed by atoms with Crippen molar-refractivity contribution in [1.29, 1.82) is 5.26 Å². The van der Waals surface area contributed by atoms with Crippen LogP contribution in [0.4, 0.5) is 0 Å². The highest BCUT2D eigenvalue weighted by Crippen LogP contribution is 2.30. The van der Waals surface area contributed by atoms with Crippen LogP contribution in [0.1, 0.15) is 35.8 Å². The average molecular weight is 350 g/mol. The second kappa shape index (κ2) is 7.18. The van der Waals surface area contributed by atoms with E-state index in [9.17, 15) is 0 Å². The lowest BCUT2D eigenvalue weighted by atomic mass is 9.96. The third-order valence-corrected chi connectivity index (χ3v) is 5.45. The molecule has 3 heterocycles. The Morgan fingerprint density at radius 1 is 1.24 bits per heavy atom. The van der Waals surface area contributed by atoms with Crippen molar-refractivity contribution in [3.8, 4) is 16.8 Å². The second-order valence-electron chi connectivity index (χ2n) is 6.30. The van der Waals surface area contributed by atoms with E-state index in [1.54, 1.807) is 11.3 Å². The number of nitriles is 1. The predicted molar refractivity (Wildman–Crippen MR) is 96.0 cm³/mol. The monoisotopic (exact) mass is 350 g/mol. The van der Waals surface area contributed by atoms with Gasteiger partial charge in [0.25, 0.3) is 0 Å². The molecule has 0 atom stereocenters. The highest BCUT2D eigenvalue weighted by Gasteiger charge is 2.25. The molecule has 0 saturated carbocycles. The Kier molecular flexibility index (Phi) is 4.59. The molecule has 0 bridgehead atoms. The van der Waals surface area contributed by atoms with E-state index in [0.717, 1.165) is 48.8 Å². The summed E-state index contributed by atoms with van der Waals surface area (Å²) in [5.74, 6) is 1.79. The Morgan fingerprint density at radius 2 is 2.12 bits per heavy atom. The van der Waals surface area contributed by atoms with Crippen LogP contribution in [0.5, 0.6) is 0 Å². The molecule has 5 nitrogen and oxygen atoms in total. The van der Waals surface area contributed by atoms with Crippen LogP contribution in [0.3, 0.4) is 0 Å². The van der Waals surface area contributed by atoms with E-state index in [4.69, 9.17) is 9.78 Å². The summed E-state index contributed by atoms with van der Waals surface area (Å²) in [6.45, 7) is 2.88. The number of rotatable bonds is 4. The predicted octanol–water partition coefficient (Wildman–Crippen LogP) is 4.05. The minimum atomic E-state index is 0.336. The fourth-order valence-electron chi connectivity index (χ4n) is 3.24. The normalized spacial score (nSPS) is 16.0. The smallest absolute Gasteiger partial charge is 0.230 e. The molecule has 25 heavy (non-hydrogen) atoms. The first-order valence-corrected chi connectivity index (χ1v) is 9.28. The van der Waals surface area contributed by atoms with Crippen LogP contribution in [-0.4, -0.2) is 28.1 Å². The fourth-order valence-corrected chi connectivity index (χ4v) is 3.89. The van der Waals surface area contributed by atoms with Gasteiger partial charge in [0.05, 0.1) is 16.5 Å². The first-order valence-electron chi connectivity index (χ1n) is 8.41. The summed E-state index contributed by atoms with van der Waals surface area (Å²) in [6.07, 6.45) is 2.04. The van der Waals surface area contributed by atoms with Gasteiger partial charge in [0.15, 0.2) is 0 Å². The van der Waals surface area contributed by atoms with Gasteiger partial charge in [0.1, 0.15) is 0 Å². The molecular formula is C19H18N4OS. The fraction of sp³-hybridized carbons (Fsp3) is 0.316. The lowest BCUT2D eigenvalue weighted by Gasteiger charge is -2.30. The summed E-state index contributed by atoms with van der Waals surface area (Å²) in [4.78, 5) is 8.05. The molecule has 1 saturated heterocycles. The molecule has 1 aliphatic heterocycles. The van der Waals surface area contributed by atoms with Crippen molar-refractivity contribution in [2.24, 2.45) is 0 Å². The molecule has 0 spiro atoms. The maximum atomic E-state index is 9.01. The van der Waals surface area contributed by atoms with Crippen molar-refractivity contribution in [2.45, 2.75) is 25.3 Å². The number of nitrogens with zero attached hydrogens (tertiary/aromatic N) is 4. The number of likely N-dealkylation sites (tertiary alicyclic amines) is 1.